The molecule has 0 heterocycles. The Hall–Kier alpha value is -2.42. The van der Waals surface area contributed by atoms with Crippen molar-refractivity contribution < 1.29 is 31.1 Å². The molecule has 0 radical (unpaired) electrons. The Morgan fingerprint density at radius 1 is 1.00 bits per heavy atom. The van der Waals surface area contributed by atoms with Gasteiger partial charge in [0.05, 0.1) is 29.4 Å². The predicted molar refractivity (Wildman–Crippen MR) is 91.0 cm³/mol. The van der Waals surface area contributed by atoms with E-state index in [1.807, 2.05) is 0 Å². The van der Waals surface area contributed by atoms with Crippen molar-refractivity contribution in [2.45, 2.75) is 24.9 Å². The minimum absolute atomic E-state index is 0.0789. The van der Waals surface area contributed by atoms with Crippen LogP contribution in [0.3, 0.4) is 0 Å². The van der Waals surface area contributed by atoms with Crippen LogP contribution >= 0.6 is 0 Å². The Bertz CT molecular complexity index is 867. The number of ether oxygens (including phenoxy) is 2. The minimum atomic E-state index is -4.64. The molecule has 142 valence electrons. The molecule has 0 bridgehead atoms. The number of sulfonamides is 1. The fourth-order valence-corrected chi connectivity index (χ4v) is 3.28. The van der Waals surface area contributed by atoms with E-state index in [4.69, 9.17) is 9.47 Å². The van der Waals surface area contributed by atoms with Crippen LogP contribution in [0.1, 0.15) is 19.4 Å². The van der Waals surface area contributed by atoms with E-state index in [1.54, 1.807) is 19.9 Å². The molecule has 0 amide bonds. The van der Waals surface area contributed by atoms with Crippen LogP contribution in [0.4, 0.5) is 18.9 Å². The number of nitrogens with one attached hydrogen (secondary N) is 1. The Balaban J connectivity index is 2.41. The molecule has 0 spiro atoms. The zero-order valence-corrected chi connectivity index (χ0v) is 14.9. The number of hydrogen-bond acceptors (Lipinski definition) is 4. The number of halogens is 3. The molecule has 0 saturated carbocycles. The van der Waals surface area contributed by atoms with Gasteiger partial charge in [-0.3, -0.25) is 4.72 Å². The van der Waals surface area contributed by atoms with E-state index in [9.17, 15) is 21.6 Å². The van der Waals surface area contributed by atoms with E-state index >= 15 is 0 Å². The summed E-state index contributed by atoms with van der Waals surface area (Å²) in [4.78, 5) is -0.503. The highest BCUT2D eigenvalue weighted by atomic mass is 32.2. The fourth-order valence-electron chi connectivity index (χ4n) is 2.17. The maximum absolute atomic E-state index is 12.8. The molecular weight excluding hydrogens is 371 g/mol. The summed E-state index contributed by atoms with van der Waals surface area (Å²) in [6.07, 6.45) is -4.64. The Kier molecular flexibility index (Phi) is 6.01. The SMILES string of the molecule is CCOc1ccc(OCC)c(NS(=O)(=O)c2cccc(C(F)(F)F)c2)c1. The summed E-state index contributed by atoms with van der Waals surface area (Å²) in [5.41, 5.74) is -0.969. The molecule has 0 aliphatic carbocycles. The van der Waals surface area contributed by atoms with Gasteiger partial charge in [0.25, 0.3) is 10.0 Å². The van der Waals surface area contributed by atoms with Crippen LogP contribution in [0.5, 0.6) is 11.5 Å². The van der Waals surface area contributed by atoms with Crippen LogP contribution in [0.25, 0.3) is 0 Å². The predicted octanol–water partition coefficient (Wildman–Crippen LogP) is 4.30. The largest absolute Gasteiger partial charge is 0.494 e. The summed E-state index contributed by atoms with van der Waals surface area (Å²) in [6.45, 7) is 4.14. The minimum Gasteiger partial charge on any atom is -0.494 e. The smallest absolute Gasteiger partial charge is 0.416 e. The van der Waals surface area contributed by atoms with Gasteiger partial charge in [-0.05, 0) is 44.2 Å². The quantitative estimate of drug-likeness (QED) is 0.767. The number of rotatable bonds is 7. The molecule has 5 nitrogen and oxygen atoms in total. The normalized spacial score (nSPS) is 11.9. The summed E-state index contributed by atoms with van der Waals surface area (Å²) >= 11 is 0. The van der Waals surface area contributed by atoms with Gasteiger partial charge < -0.3 is 9.47 Å². The van der Waals surface area contributed by atoms with Gasteiger partial charge in [-0.2, -0.15) is 13.2 Å². The van der Waals surface area contributed by atoms with Crippen molar-refractivity contribution in [3.8, 4) is 11.5 Å². The van der Waals surface area contributed by atoms with E-state index in [1.165, 1.54) is 12.1 Å². The van der Waals surface area contributed by atoms with Crippen LogP contribution in [-0.2, 0) is 16.2 Å². The van der Waals surface area contributed by atoms with Crippen molar-refractivity contribution in [3.05, 3.63) is 48.0 Å². The average Bonchev–Trinajstić information content (AvgIpc) is 2.57. The Morgan fingerprint density at radius 2 is 1.69 bits per heavy atom. The lowest BCUT2D eigenvalue weighted by Crippen LogP contribution is -2.15. The molecule has 2 aromatic carbocycles. The van der Waals surface area contributed by atoms with Gasteiger partial charge in [0.15, 0.2) is 0 Å². The Labute approximate surface area is 149 Å². The van der Waals surface area contributed by atoms with Crippen molar-refractivity contribution >= 4 is 15.7 Å². The van der Waals surface area contributed by atoms with E-state index in [2.05, 4.69) is 4.72 Å². The molecule has 0 saturated heterocycles. The van der Waals surface area contributed by atoms with E-state index in [0.717, 1.165) is 18.2 Å². The van der Waals surface area contributed by atoms with Crippen molar-refractivity contribution in [1.29, 1.82) is 0 Å². The summed E-state index contributed by atoms with van der Waals surface area (Å²) in [6, 6.07) is 8.06. The number of anilines is 1. The molecular formula is C17H18F3NO4S. The molecule has 0 fully saturated rings. The van der Waals surface area contributed by atoms with Gasteiger partial charge in [-0.15, -0.1) is 0 Å². The van der Waals surface area contributed by atoms with Crippen LogP contribution in [0.2, 0.25) is 0 Å². The summed E-state index contributed by atoms with van der Waals surface area (Å²) in [5.74, 6) is 0.643. The molecule has 26 heavy (non-hydrogen) atoms. The molecule has 9 heteroatoms. The fraction of sp³-hybridized carbons (Fsp3) is 0.294. The van der Waals surface area contributed by atoms with Gasteiger partial charge in [0.2, 0.25) is 0 Å². The zero-order valence-electron chi connectivity index (χ0n) is 14.1. The highest BCUT2D eigenvalue weighted by Gasteiger charge is 2.31. The first-order chi connectivity index (χ1) is 12.2. The van der Waals surface area contributed by atoms with Crippen molar-refractivity contribution in [1.82, 2.24) is 0 Å². The second-order valence-electron chi connectivity index (χ2n) is 5.16. The van der Waals surface area contributed by atoms with Crippen molar-refractivity contribution in [2.24, 2.45) is 0 Å². The molecule has 2 aromatic rings. The van der Waals surface area contributed by atoms with Crippen molar-refractivity contribution in [3.63, 3.8) is 0 Å². The summed E-state index contributed by atoms with van der Waals surface area (Å²) in [5, 5.41) is 0. The number of hydrogen-bond donors (Lipinski definition) is 1. The van der Waals surface area contributed by atoms with Crippen LogP contribution < -0.4 is 14.2 Å². The summed E-state index contributed by atoms with van der Waals surface area (Å²) < 4.78 is 76.5. The molecule has 0 aliphatic heterocycles. The van der Waals surface area contributed by atoms with Gasteiger partial charge >= 0.3 is 6.18 Å². The number of benzene rings is 2. The second kappa shape index (κ2) is 7.86. The van der Waals surface area contributed by atoms with E-state index in [-0.39, 0.29) is 18.0 Å². The Morgan fingerprint density at radius 3 is 2.31 bits per heavy atom. The van der Waals surface area contributed by atoms with Crippen LogP contribution in [0, 0.1) is 0 Å². The molecule has 0 unspecified atom stereocenters. The monoisotopic (exact) mass is 389 g/mol. The lowest BCUT2D eigenvalue weighted by molar-refractivity contribution is -0.137. The highest BCUT2D eigenvalue weighted by molar-refractivity contribution is 7.92. The third-order valence-electron chi connectivity index (χ3n) is 3.28. The maximum Gasteiger partial charge on any atom is 0.416 e. The van der Waals surface area contributed by atoms with Gasteiger partial charge in [0.1, 0.15) is 11.5 Å². The van der Waals surface area contributed by atoms with Gasteiger partial charge in [0, 0.05) is 6.07 Å². The van der Waals surface area contributed by atoms with E-state index < -0.39 is 26.7 Å². The summed E-state index contributed by atoms with van der Waals surface area (Å²) in [7, 11) is -4.25. The second-order valence-corrected chi connectivity index (χ2v) is 6.84. The molecule has 0 aliphatic rings. The van der Waals surface area contributed by atoms with E-state index in [0.29, 0.717) is 18.4 Å². The average molecular weight is 389 g/mol. The molecule has 0 atom stereocenters. The molecule has 1 N–H and O–H groups in total. The van der Waals surface area contributed by atoms with Crippen molar-refractivity contribution in [2.75, 3.05) is 17.9 Å². The first-order valence-electron chi connectivity index (χ1n) is 7.77. The van der Waals surface area contributed by atoms with Crippen LogP contribution in [0.15, 0.2) is 47.4 Å². The number of alkyl halides is 3. The van der Waals surface area contributed by atoms with Crippen LogP contribution in [-0.4, -0.2) is 21.6 Å². The topological polar surface area (TPSA) is 64.6 Å². The molecule has 0 aromatic heterocycles. The standard InChI is InChI=1S/C17H18F3NO4S/c1-3-24-13-8-9-16(25-4-2)15(11-13)21-26(22,23)14-7-5-6-12(10-14)17(18,19)20/h5-11,21H,3-4H2,1-2H3. The first kappa shape index (κ1) is 19.9. The zero-order chi connectivity index (χ0) is 19.4. The maximum atomic E-state index is 12.8. The lowest BCUT2D eigenvalue weighted by Gasteiger charge is -2.15. The third kappa shape index (κ3) is 4.81. The first-order valence-corrected chi connectivity index (χ1v) is 9.25. The third-order valence-corrected chi connectivity index (χ3v) is 4.64. The molecule has 2 rings (SSSR count). The highest BCUT2D eigenvalue weighted by Crippen LogP contribution is 2.33. The van der Waals surface area contributed by atoms with Gasteiger partial charge in [-0.25, -0.2) is 8.42 Å². The lowest BCUT2D eigenvalue weighted by atomic mass is 10.2. The van der Waals surface area contributed by atoms with Gasteiger partial charge in [-0.1, -0.05) is 6.07 Å².